The van der Waals surface area contributed by atoms with Crippen molar-refractivity contribution in [1.29, 1.82) is 0 Å². The Kier molecular flexibility index (Phi) is 15.7. The molecule has 228 valence electrons. The summed E-state index contributed by atoms with van der Waals surface area (Å²) in [5.74, 6) is 0.408. The van der Waals surface area contributed by atoms with Gasteiger partial charge in [0.2, 0.25) is 0 Å². The first kappa shape index (κ1) is 32.9. The molecular formula is C36H56N2O3. The Hall–Kier alpha value is -2.56. The van der Waals surface area contributed by atoms with Gasteiger partial charge in [-0.1, -0.05) is 148 Å². The highest BCUT2D eigenvalue weighted by molar-refractivity contribution is 6.09. The number of ether oxygens (including phenoxy) is 1. The molecule has 0 aliphatic rings. The molecule has 2 aromatic carbocycles. The van der Waals surface area contributed by atoms with Crippen LogP contribution in [0, 0.1) is 10.1 Å². The van der Waals surface area contributed by atoms with E-state index in [1.807, 2.05) is 12.1 Å². The third kappa shape index (κ3) is 11.0. The molecule has 0 aliphatic heterocycles. The molecule has 3 rings (SSSR count). The van der Waals surface area contributed by atoms with Gasteiger partial charge in [0.25, 0.3) is 0 Å². The second-order valence-electron chi connectivity index (χ2n) is 12.0. The van der Waals surface area contributed by atoms with Gasteiger partial charge in [-0.05, 0) is 18.9 Å². The van der Waals surface area contributed by atoms with Crippen LogP contribution in [0.2, 0.25) is 0 Å². The Balaban J connectivity index is 1.55. The Labute approximate surface area is 249 Å². The molecule has 0 spiro atoms. The molecule has 0 saturated carbocycles. The van der Waals surface area contributed by atoms with Crippen molar-refractivity contribution in [3.05, 3.63) is 46.5 Å². The van der Waals surface area contributed by atoms with E-state index in [-0.39, 0.29) is 10.6 Å². The first-order chi connectivity index (χ1) is 20.2. The van der Waals surface area contributed by atoms with Crippen LogP contribution in [0.1, 0.15) is 142 Å². The monoisotopic (exact) mass is 564 g/mol. The van der Waals surface area contributed by atoms with E-state index in [1.165, 1.54) is 109 Å². The first-order valence-corrected chi connectivity index (χ1v) is 17.0. The molecule has 0 saturated heterocycles. The lowest BCUT2D eigenvalue weighted by molar-refractivity contribution is -0.385. The highest BCUT2D eigenvalue weighted by Crippen LogP contribution is 2.38. The minimum atomic E-state index is -0.290. The number of para-hydroxylation sites is 1. The van der Waals surface area contributed by atoms with Crippen molar-refractivity contribution in [2.24, 2.45) is 0 Å². The third-order valence-corrected chi connectivity index (χ3v) is 8.54. The smallest absolute Gasteiger partial charge is 0.311 e. The van der Waals surface area contributed by atoms with E-state index in [2.05, 4.69) is 36.6 Å². The van der Waals surface area contributed by atoms with Crippen molar-refractivity contribution in [2.75, 3.05) is 6.61 Å². The average molecular weight is 565 g/mol. The summed E-state index contributed by atoms with van der Waals surface area (Å²) in [7, 11) is 0. The number of hydrogen-bond donors (Lipinski definition) is 0. The van der Waals surface area contributed by atoms with E-state index < -0.39 is 0 Å². The average Bonchev–Trinajstić information content (AvgIpc) is 3.28. The number of nitro groups is 1. The van der Waals surface area contributed by atoms with Crippen LogP contribution in [-0.4, -0.2) is 16.1 Å². The van der Waals surface area contributed by atoms with Gasteiger partial charge >= 0.3 is 5.69 Å². The van der Waals surface area contributed by atoms with Crippen molar-refractivity contribution in [1.82, 2.24) is 4.57 Å². The number of benzene rings is 2. The topological polar surface area (TPSA) is 57.3 Å². The number of aromatic nitrogens is 1. The predicted molar refractivity (Wildman–Crippen MR) is 175 cm³/mol. The lowest BCUT2D eigenvalue weighted by Crippen LogP contribution is -2.02. The van der Waals surface area contributed by atoms with Crippen LogP contribution in [0.25, 0.3) is 21.8 Å². The summed E-state index contributed by atoms with van der Waals surface area (Å²) in [5.41, 5.74) is 2.27. The summed E-state index contributed by atoms with van der Waals surface area (Å²) in [6.07, 6.45) is 25.7. The maximum absolute atomic E-state index is 12.0. The summed E-state index contributed by atoms with van der Waals surface area (Å²) in [6.45, 7) is 5.98. The van der Waals surface area contributed by atoms with Gasteiger partial charge in [-0.15, -0.1) is 0 Å². The zero-order valence-electron chi connectivity index (χ0n) is 26.1. The zero-order valence-corrected chi connectivity index (χ0v) is 26.1. The Morgan fingerprint density at radius 3 is 1.71 bits per heavy atom. The quantitative estimate of drug-likeness (QED) is 0.0617. The van der Waals surface area contributed by atoms with Gasteiger partial charge in [-0.25, -0.2) is 0 Å². The molecule has 0 bridgehead atoms. The van der Waals surface area contributed by atoms with Crippen LogP contribution >= 0.6 is 0 Å². The largest absolute Gasteiger partial charge is 0.487 e. The van der Waals surface area contributed by atoms with Crippen molar-refractivity contribution in [2.45, 2.75) is 149 Å². The molecule has 0 fully saturated rings. The zero-order chi connectivity index (χ0) is 29.1. The van der Waals surface area contributed by atoms with Gasteiger partial charge in [-0.2, -0.15) is 0 Å². The van der Waals surface area contributed by atoms with Gasteiger partial charge in [0.05, 0.1) is 17.0 Å². The number of unbranched alkanes of at least 4 members (excludes halogenated alkanes) is 18. The SMILES string of the molecule is CCCCCCCCCCCCOc1cc2c(cc1[N+](=O)[O-])c1ccccc1n2CCCCCCCCCCCC. The van der Waals surface area contributed by atoms with Crippen molar-refractivity contribution in [3.8, 4) is 5.75 Å². The van der Waals surface area contributed by atoms with E-state index in [9.17, 15) is 10.1 Å². The number of nitro benzene ring substituents is 1. The summed E-state index contributed by atoms with van der Waals surface area (Å²) < 4.78 is 8.43. The summed E-state index contributed by atoms with van der Waals surface area (Å²) in [6, 6.07) is 12.0. The third-order valence-electron chi connectivity index (χ3n) is 8.54. The highest BCUT2D eigenvalue weighted by atomic mass is 16.6. The first-order valence-electron chi connectivity index (χ1n) is 17.0. The van der Waals surface area contributed by atoms with Crippen LogP contribution in [-0.2, 0) is 6.54 Å². The Bertz CT molecular complexity index is 1150. The van der Waals surface area contributed by atoms with Crippen LogP contribution in [0.5, 0.6) is 5.75 Å². The molecule has 3 aromatic rings. The fourth-order valence-electron chi connectivity index (χ4n) is 6.09. The van der Waals surface area contributed by atoms with Gasteiger partial charge in [0, 0.05) is 35.0 Å². The van der Waals surface area contributed by atoms with Gasteiger partial charge in [0.1, 0.15) is 0 Å². The summed E-state index contributed by atoms with van der Waals surface area (Å²) in [5, 5.41) is 14.0. The molecule has 1 heterocycles. The molecule has 0 radical (unpaired) electrons. The van der Waals surface area contributed by atoms with Gasteiger partial charge in [-0.3, -0.25) is 10.1 Å². The molecule has 0 N–H and O–H groups in total. The van der Waals surface area contributed by atoms with Gasteiger partial charge < -0.3 is 9.30 Å². The number of rotatable bonds is 24. The molecule has 1 aromatic heterocycles. The molecule has 5 heteroatoms. The van der Waals surface area contributed by atoms with Gasteiger partial charge in [0.15, 0.2) is 5.75 Å². The van der Waals surface area contributed by atoms with Crippen molar-refractivity contribution >= 4 is 27.5 Å². The molecule has 41 heavy (non-hydrogen) atoms. The van der Waals surface area contributed by atoms with Crippen molar-refractivity contribution in [3.63, 3.8) is 0 Å². The Morgan fingerprint density at radius 1 is 0.634 bits per heavy atom. The number of nitrogens with zero attached hydrogens (tertiary/aromatic N) is 2. The predicted octanol–water partition coefficient (Wildman–Crippen LogP) is 11.9. The molecule has 0 aliphatic carbocycles. The lowest BCUT2D eigenvalue weighted by Gasteiger charge is -2.10. The van der Waals surface area contributed by atoms with E-state index in [1.54, 1.807) is 6.07 Å². The van der Waals surface area contributed by atoms with Crippen LogP contribution in [0.4, 0.5) is 5.69 Å². The lowest BCUT2D eigenvalue weighted by atomic mass is 10.1. The number of aryl methyl sites for hydroxylation is 1. The van der Waals surface area contributed by atoms with E-state index >= 15 is 0 Å². The molecular weight excluding hydrogens is 508 g/mol. The molecule has 5 nitrogen and oxygen atoms in total. The maximum Gasteiger partial charge on any atom is 0.311 e. The second kappa shape index (κ2) is 19.5. The minimum absolute atomic E-state index is 0.0754. The minimum Gasteiger partial charge on any atom is -0.487 e. The van der Waals surface area contributed by atoms with Crippen molar-refractivity contribution < 1.29 is 9.66 Å². The number of fused-ring (bicyclic) bond motifs is 3. The second-order valence-corrected chi connectivity index (χ2v) is 12.0. The number of hydrogen-bond acceptors (Lipinski definition) is 3. The maximum atomic E-state index is 12.0. The van der Waals surface area contributed by atoms with Crippen LogP contribution in [0.15, 0.2) is 36.4 Å². The van der Waals surface area contributed by atoms with E-state index in [0.29, 0.717) is 12.4 Å². The highest BCUT2D eigenvalue weighted by Gasteiger charge is 2.21. The Morgan fingerprint density at radius 2 is 1.15 bits per heavy atom. The molecule has 0 amide bonds. The fourth-order valence-corrected chi connectivity index (χ4v) is 6.09. The van der Waals surface area contributed by atoms with E-state index in [4.69, 9.17) is 4.74 Å². The molecule has 0 unspecified atom stereocenters. The molecule has 0 atom stereocenters. The standard InChI is InChI=1S/C36H56N2O3/c1-3-5-7-9-11-13-15-17-19-23-27-37-33-26-22-21-25-31(33)32-29-35(38(39)40)36(30-34(32)37)41-28-24-20-18-16-14-12-10-8-6-4-2/h21-22,25-26,29-30H,3-20,23-24,27-28H2,1-2H3. The summed E-state index contributed by atoms with van der Waals surface area (Å²) >= 11 is 0. The van der Waals surface area contributed by atoms with E-state index in [0.717, 1.165) is 47.6 Å². The van der Waals surface area contributed by atoms with Crippen LogP contribution < -0.4 is 4.74 Å². The normalized spacial score (nSPS) is 11.6. The fraction of sp³-hybridized carbons (Fsp3) is 0.667. The van der Waals surface area contributed by atoms with Crippen LogP contribution in [0.3, 0.4) is 0 Å². The summed E-state index contributed by atoms with van der Waals surface area (Å²) in [4.78, 5) is 11.7.